The van der Waals surface area contributed by atoms with Crippen LogP contribution < -0.4 is 4.90 Å². The average Bonchev–Trinajstić information content (AvgIpc) is 3.08. The molecule has 22 heavy (non-hydrogen) atoms. The molecule has 4 rings (SSSR count). The van der Waals surface area contributed by atoms with Gasteiger partial charge in [-0.1, -0.05) is 48.5 Å². The first kappa shape index (κ1) is 12.9. The van der Waals surface area contributed by atoms with Gasteiger partial charge in [-0.3, -0.25) is 9.69 Å². The summed E-state index contributed by atoms with van der Waals surface area (Å²) in [4.78, 5) is 14.6. The number of rotatable bonds is 3. The molecule has 0 bridgehead atoms. The van der Waals surface area contributed by atoms with Crippen molar-refractivity contribution < 1.29 is 9.21 Å². The normalized spacial score (nSPS) is 20.7. The molecular weight excluding hydrogens is 274 g/mol. The first-order chi connectivity index (χ1) is 10.9. The summed E-state index contributed by atoms with van der Waals surface area (Å²) in [6, 6.07) is 23.3. The summed E-state index contributed by atoms with van der Waals surface area (Å²) in [6.45, 7) is 0. The average molecular weight is 289 g/mol. The highest BCUT2D eigenvalue weighted by molar-refractivity contribution is 6.06. The maximum absolute atomic E-state index is 12.8. The van der Waals surface area contributed by atoms with Gasteiger partial charge in [0.1, 0.15) is 11.8 Å². The van der Waals surface area contributed by atoms with Gasteiger partial charge in [-0.25, -0.2) is 0 Å². The SMILES string of the molecule is O=C1[C@H](c2ccccc2)[C@H](c2ccco2)N1c1ccccc1. The van der Waals surface area contributed by atoms with E-state index in [1.54, 1.807) is 6.26 Å². The number of para-hydroxylation sites is 1. The van der Waals surface area contributed by atoms with Crippen LogP contribution in [0.15, 0.2) is 83.5 Å². The molecule has 1 fully saturated rings. The van der Waals surface area contributed by atoms with Gasteiger partial charge in [-0.2, -0.15) is 0 Å². The van der Waals surface area contributed by atoms with E-state index in [1.807, 2.05) is 77.7 Å². The number of benzene rings is 2. The summed E-state index contributed by atoms with van der Waals surface area (Å²) in [5, 5.41) is 0. The fourth-order valence-corrected chi connectivity index (χ4v) is 3.10. The van der Waals surface area contributed by atoms with Crippen LogP contribution in [0.5, 0.6) is 0 Å². The summed E-state index contributed by atoms with van der Waals surface area (Å²) in [7, 11) is 0. The minimum absolute atomic E-state index is 0.0905. The second-order valence-electron chi connectivity index (χ2n) is 5.39. The molecule has 0 unspecified atom stereocenters. The maximum atomic E-state index is 12.8. The molecule has 1 saturated heterocycles. The first-order valence-corrected chi connectivity index (χ1v) is 7.33. The van der Waals surface area contributed by atoms with E-state index in [-0.39, 0.29) is 17.9 Å². The maximum Gasteiger partial charge on any atom is 0.237 e. The summed E-state index contributed by atoms with van der Waals surface area (Å²) in [6.07, 6.45) is 1.66. The topological polar surface area (TPSA) is 33.5 Å². The lowest BCUT2D eigenvalue weighted by molar-refractivity contribution is -0.127. The van der Waals surface area contributed by atoms with Gasteiger partial charge >= 0.3 is 0 Å². The van der Waals surface area contributed by atoms with Crippen molar-refractivity contribution >= 4 is 11.6 Å². The third kappa shape index (κ3) is 1.94. The van der Waals surface area contributed by atoms with Crippen LogP contribution in [-0.2, 0) is 4.79 Å². The Morgan fingerprint density at radius 3 is 2.14 bits per heavy atom. The number of hydrogen-bond acceptors (Lipinski definition) is 2. The molecule has 0 aliphatic carbocycles. The lowest BCUT2D eigenvalue weighted by Crippen LogP contribution is -2.53. The van der Waals surface area contributed by atoms with Crippen molar-refractivity contribution in [2.24, 2.45) is 0 Å². The molecule has 2 aromatic carbocycles. The Labute approximate surface area is 128 Å². The number of β-lactam (4-membered cyclic amide) rings is 1. The third-order valence-electron chi connectivity index (χ3n) is 4.13. The number of furan rings is 1. The number of hydrogen-bond donors (Lipinski definition) is 0. The Balaban J connectivity index is 1.77. The second kappa shape index (κ2) is 5.19. The van der Waals surface area contributed by atoms with Crippen molar-refractivity contribution in [3.8, 4) is 0 Å². The van der Waals surface area contributed by atoms with Gasteiger partial charge in [0.25, 0.3) is 0 Å². The predicted molar refractivity (Wildman–Crippen MR) is 84.6 cm³/mol. The van der Waals surface area contributed by atoms with E-state index in [1.165, 1.54) is 0 Å². The van der Waals surface area contributed by atoms with E-state index < -0.39 is 0 Å². The van der Waals surface area contributed by atoms with Crippen LogP contribution in [0.4, 0.5) is 5.69 Å². The summed E-state index contributed by atoms with van der Waals surface area (Å²) < 4.78 is 5.60. The Kier molecular flexibility index (Phi) is 3.04. The van der Waals surface area contributed by atoms with Gasteiger partial charge in [0.2, 0.25) is 5.91 Å². The predicted octanol–water partition coefficient (Wildman–Crippen LogP) is 4.15. The lowest BCUT2D eigenvalue weighted by atomic mass is 9.79. The molecule has 3 heteroatoms. The van der Waals surface area contributed by atoms with Crippen LogP contribution in [0.3, 0.4) is 0 Å². The molecule has 1 aliphatic heterocycles. The van der Waals surface area contributed by atoms with E-state index in [0.29, 0.717) is 0 Å². The van der Waals surface area contributed by atoms with E-state index in [2.05, 4.69) is 0 Å². The van der Waals surface area contributed by atoms with Crippen molar-refractivity contribution in [1.82, 2.24) is 0 Å². The quantitative estimate of drug-likeness (QED) is 0.679. The monoisotopic (exact) mass is 289 g/mol. The van der Waals surface area contributed by atoms with Gasteiger partial charge in [-0.15, -0.1) is 0 Å². The number of nitrogens with zero attached hydrogens (tertiary/aromatic N) is 1. The highest BCUT2D eigenvalue weighted by Gasteiger charge is 2.50. The van der Waals surface area contributed by atoms with E-state index >= 15 is 0 Å². The Morgan fingerprint density at radius 1 is 0.818 bits per heavy atom. The zero-order valence-electron chi connectivity index (χ0n) is 11.9. The largest absolute Gasteiger partial charge is 0.467 e. The first-order valence-electron chi connectivity index (χ1n) is 7.33. The molecule has 2 heterocycles. The van der Waals surface area contributed by atoms with Crippen molar-refractivity contribution in [2.45, 2.75) is 12.0 Å². The molecule has 3 aromatic rings. The highest BCUT2D eigenvalue weighted by Crippen LogP contribution is 2.48. The molecule has 3 nitrogen and oxygen atoms in total. The van der Waals surface area contributed by atoms with Crippen LogP contribution in [0.1, 0.15) is 23.3 Å². The van der Waals surface area contributed by atoms with Crippen molar-refractivity contribution in [2.75, 3.05) is 4.90 Å². The molecule has 0 saturated carbocycles. The molecule has 1 aromatic heterocycles. The summed E-state index contributed by atoms with van der Waals surface area (Å²) >= 11 is 0. The standard InChI is InChI=1S/C19H15NO2/c21-19-17(14-8-3-1-4-9-14)18(16-12-7-13-22-16)20(19)15-10-5-2-6-11-15/h1-13,17-18H/t17-,18+/m1/s1. The van der Waals surface area contributed by atoms with Gasteiger partial charge in [-0.05, 0) is 29.8 Å². The number of anilines is 1. The molecule has 0 radical (unpaired) electrons. The lowest BCUT2D eigenvalue weighted by Gasteiger charge is -2.46. The Bertz CT molecular complexity index is 716. The van der Waals surface area contributed by atoms with Gasteiger partial charge in [0, 0.05) is 5.69 Å². The van der Waals surface area contributed by atoms with Gasteiger partial charge < -0.3 is 4.42 Å². The highest BCUT2D eigenvalue weighted by atomic mass is 16.3. The fraction of sp³-hybridized carbons (Fsp3) is 0.105. The van der Waals surface area contributed by atoms with Crippen LogP contribution in [0.25, 0.3) is 0 Å². The molecule has 108 valence electrons. The van der Waals surface area contributed by atoms with Crippen LogP contribution in [-0.4, -0.2) is 5.91 Å². The minimum Gasteiger partial charge on any atom is -0.467 e. The summed E-state index contributed by atoms with van der Waals surface area (Å²) in [5.41, 5.74) is 1.93. The van der Waals surface area contributed by atoms with Gasteiger partial charge in [0.05, 0.1) is 12.2 Å². The fourth-order valence-electron chi connectivity index (χ4n) is 3.10. The zero-order valence-corrected chi connectivity index (χ0v) is 11.9. The number of carbonyl (C=O) groups is 1. The van der Waals surface area contributed by atoms with E-state index in [4.69, 9.17) is 4.42 Å². The Morgan fingerprint density at radius 2 is 1.50 bits per heavy atom. The van der Waals surface area contributed by atoms with Gasteiger partial charge in [0.15, 0.2) is 0 Å². The molecule has 2 atom stereocenters. The minimum atomic E-state index is -0.187. The molecule has 1 aliphatic rings. The van der Waals surface area contributed by atoms with E-state index in [9.17, 15) is 4.79 Å². The molecule has 1 amide bonds. The number of carbonyl (C=O) groups excluding carboxylic acids is 1. The Hall–Kier alpha value is -2.81. The summed E-state index contributed by atoms with van der Waals surface area (Å²) in [5.74, 6) is 0.740. The molecule has 0 N–H and O–H groups in total. The second-order valence-corrected chi connectivity index (χ2v) is 5.39. The van der Waals surface area contributed by atoms with Crippen LogP contribution in [0, 0.1) is 0 Å². The zero-order chi connectivity index (χ0) is 14.9. The molecular formula is C19H15NO2. The van der Waals surface area contributed by atoms with Crippen LogP contribution in [0.2, 0.25) is 0 Å². The van der Waals surface area contributed by atoms with Crippen molar-refractivity contribution in [3.05, 3.63) is 90.4 Å². The smallest absolute Gasteiger partial charge is 0.237 e. The van der Waals surface area contributed by atoms with Crippen LogP contribution >= 0.6 is 0 Å². The third-order valence-corrected chi connectivity index (χ3v) is 4.13. The van der Waals surface area contributed by atoms with E-state index in [0.717, 1.165) is 17.0 Å². The molecule has 0 spiro atoms. The van der Waals surface area contributed by atoms with Crippen molar-refractivity contribution in [1.29, 1.82) is 0 Å². The van der Waals surface area contributed by atoms with Crippen molar-refractivity contribution in [3.63, 3.8) is 0 Å². The number of amides is 1.